The highest BCUT2D eigenvalue weighted by molar-refractivity contribution is 6.18. The van der Waals surface area contributed by atoms with Crippen LogP contribution < -0.4 is 0 Å². The summed E-state index contributed by atoms with van der Waals surface area (Å²) in [4.78, 5) is 13.6. The van der Waals surface area contributed by atoms with E-state index in [0.29, 0.717) is 19.0 Å². The van der Waals surface area contributed by atoms with Crippen molar-refractivity contribution in [2.24, 2.45) is 0 Å². The third-order valence-corrected chi connectivity index (χ3v) is 3.03. The molecule has 1 aromatic carbocycles. The molecule has 0 fully saturated rings. The van der Waals surface area contributed by atoms with Crippen LogP contribution in [0.15, 0.2) is 18.2 Å². The maximum absolute atomic E-state index is 13.5. The van der Waals surface area contributed by atoms with Crippen LogP contribution in [0.2, 0.25) is 0 Å². The maximum Gasteiger partial charge on any atom is 0.227 e. The van der Waals surface area contributed by atoms with E-state index in [1.165, 1.54) is 12.1 Å². The number of halogens is 3. The van der Waals surface area contributed by atoms with Gasteiger partial charge in [-0.1, -0.05) is 25.5 Å². The highest BCUT2D eigenvalue weighted by atomic mass is 35.5. The summed E-state index contributed by atoms with van der Waals surface area (Å²) in [6.07, 6.45) is 1.69. The number of unbranched alkanes of at least 4 members (excludes halogenated alkanes) is 1. The Bertz CT molecular complexity index is 426. The van der Waals surface area contributed by atoms with Gasteiger partial charge in [0.15, 0.2) is 11.6 Å². The molecule has 0 heterocycles. The minimum atomic E-state index is -0.947. The molecule has 2 nitrogen and oxygen atoms in total. The zero-order valence-electron chi connectivity index (χ0n) is 11.0. The average molecular weight is 290 g/mol. The van der Waals surface area contributed by atoms with Gasteiger partial charge in [-0.25, -0.2) is 8.78 Å². The molecule has 19 heavy (non-hydrogen) atoms. The molecule has 0 spiro atoms. The Kier molecular flexibility index (Phi) is 6.78. The third kappa shape index (κ3) is 4.78. The quantitative estimate of drug-likeness (QED) is 0.705. The molecule has 1 aromatic rings. The van der Waals surface area contributed by atoms with Crippen LogP contribution in [0.1, 0.15) is 25.3 Å². The molecule has 0 unspecified atom stereocenters. The van der Waals surface area contributed by atoms with Gasteiger partial charge in [0.2, 0.25) is 5.91 Å². The summed E-state index contributed by atoms with van der Waals surface area (Å²) in [5.74, 6) is -1.76. The predicted molar refractivity (Wildman–Crippen MR) is 72.3 cm³/mol. The second-order valence-corrected chi connectivity index (χ2v) is 4.69. The highest BCUT2D eigenvalue weighted by Crippen LogP contribution is 2.13. The Labute approximate surface area is 117 Å². The normalized spacial score (nSPS) is 10.5. The van der Waals surface area contributed by atoms with Crippen molar-refractivity contribution in [1.29, 1.82) is 0 Å². The van der Waals surface area contributed by atoms with E-state index < -0.39 is 11.6 Å². The molecule has 0 radical (unpaired) electrons. The molecule has 0 atom stereocenters. The van der Waals surface area contributed by atoms with Crippen LogP contribution in [0.3, 0.4) is 0 Å². The third-order valence-electron chi connectivity index (χ3n) is 2.86. The van der Waals surface area contributed by atoms with E-state index in [1.54, 1.807) is 4.90 Å². The molecule has 0 bridgehead atoms. The van der Waals surface area contributed by atoms with Gasteiger partial charge in [-0.3, -0.25) is 4.79 Å². The highest BCUT2D eigenvalue weighted by Gasteiger charge is 2.16. The lowest BCUT2D eigenvalue weighted by Gasteiger charge is -2.21. The van der Waals surface area contributed by atoms with Crippen LogP contribution >= 0.6 is 11.6 Å². The van der Waals surface area contributed by atoms with Gasteiger partial charge >= 0.3 is 0 Å². The topological polar surface area (TPSA) is 20.3 Å². The van der Waals surface area contributed by atoms with Gasteiger partial charge in [-0.15, -0.1) is 11.6 Å². The summed E-state index contributed by atoms with van der Waals surface area (Å²) >= 11 is 5.65. The van der Waals surface area contributed by atoms with E-state index in [9.17, 15) is 13.6 Å². The fraction of sp³-hybridized carbons (Fsp3) is 0.500. The number of rotatable bonds is 7. The Morgan fingerprint density at radius 1 is 1.32 bits per heavy atom. The van der Waals surface area contributed by atoms with Crippen molar-refractivity contribution in [3.63, 3.8) is 0 Å². The molecule has 1 rings (SSSR count). The molecule has 0 aliphatic heterocycles. The lowest BCUT2D eigenvalue weighted by atomic mass is 10.1. The molecule has 0 aliphatic rings. The molecule has 0 N–H and O–H groups in total. The van der Waals surface area contributed by atoms with Crippen LogP contribution in [0.4, 0.5) is 8.78 Å². The summed E-state index contributed by atoms with van der Waals surface area (Å²) in [6, 6.07) is 3.87. The number of carbonyl (C=O) groups excluding carboxylic acids is 1. The second kappa shape index (κ2) is 8.10. The number of hydrogen-bond donors (Lipinski definition) is 0. The molecule has 0 saturated carbocycles. The van der Waals surface area contributed by atoms with Crippen LogP contribution in [0.5, 0.6) is 0 Å². The molecular formula is C14H18ClF2NO. The SMILES string of the molecule is CCCCN(CCCl)C(=O)Cc1cccc(F)c1F. The second-order valence-electron chi connectivity index (χ2n) is 4.31. The largest absolute Gasteiger partial charge is 0.341 e. The van der Waals surface area contributed by atoms with Gasteiger partial charge in [0, 0.05) is 24.5 Å². The number of amides is 1. The lowest BCUT2D eigenvalue weighted by molar-refractivity contribution is -0.130. The van der Waals surface area contributed by atoms with Crippen LogP contribution in [0.25, 0.3) is 0 Å². The molecule has 0 aliphatic carbocycles. The Morgan fingerprint density at radius 2 is 2.05 bits per heavy atom. The number of hydrogen-bond acceptors (Lipinski definition) is 1. The summed E-state index contributed by atoms with van der Waals surface area (Å²) in [5, 5.41) is 0. The Balaban J connectivity index is 2.72. The van der Waals surface area contributed by atoms with E-state index in [2.05, 4.69) is 0 Å². The number of alkyl halides is 1. The lowest BCUT2D eigenvalue weighted by Crippen LogP contribution is -2.35. The smallest absolute Gasteiger partial charge is 0.227 e. The zero-order chi connectivity index (χ0) is 14.3. The number of carbonyl (C=O) groups is 1. The maximum atomic E-state index is 13.5. The first-order valence-corrected chi connectivity index (χ1v) is 6.90. The van der Waals surface area contributed by atoms with E-state index >= 15 is 0 Å². The molecule has 0 aromatic heterocycles. The Morgan fingerprint density at radius 3 is 2.68 bits per heavy atom. The van der Waals surface area contributed by atoms with Gasteiger partial charge in [-0.2, -0.15) is 0 Å². The minimum absolute atomic E-state index is 0.0843. The fourth-order valence-corrected chi connectivity index (χ4v) is 1.98. The first-order valence-electron chi connectivity index (χ1n) is 6.36. The van der Waals surface area contributed by atoms with Crippen molar-refractivity contribution in [3.8, 4) is 0 Å². The van der Waals surface area contributed by atoms with Gasteiger partial charge < -0.3 is 4.90 Å². The Hall–Kier alpha value is -1.16. The van der Waals surface area contributed by atoms with Crippen molar-refractivity contribution in [2.45, 2.75) is 26.2 Å². The molecule has 5 heteroatoms. The van der Waals surface area contributed by atoms with Gasteiger partial charge in [-0.05, 0) is 12.5 Å². The first-order chi connectivity index (χ1) is 9.10. The van der Waals surface area contributed by atoms with Crippen LogP contribution in [-0.2, 0) is 11.2 Å². The predicted octanol–water partition coefficient (Wildman–Crippen LogP) is 3.37. The summed E-state index contributed by atoms with van der Waals surface area (Å²) in [6.45, 7) is 3.05. The summed E-state index contributed by atoms with van der Waals surface area (Å²) in [5.41, 5.74) is 0.0843. The van der Waals surface area contributed by atoms with Crippen molar-refractivity contribution < 1.29 is 13.6 Å². The van der Waals surface area contributed by atoms with Crippen molar-refractivity contribution >= 4 is 17.5 Å². The van der Waals surface area contributed by atoms with E-state index in [-0.39, 0.29) is 17.9 Å². The molecular weight excluding hydrogens is 272 g/mol. The van der Waals surface area contributed by atoms with Gasteiger partial charge in [0.05, 0.1) is 6.42 Å². The van der Waals surface area contributed by atoms with Gasteiger partial charge in [0.25, 0.3) is 0 Å². The number of nitrogens with zero attached hydrogens (tertiary/aromatic N) is 1. The summed E-state index contributed by atoms with van der Waals surface area (Å²) in [7, 11) is 0. The number of benzene rings is 1. The average Bonchev–Trinajstić information content (AvgIpc) is 2.39. The molecule has 106 valence electrons. The van der Waals surface area contributed by atoms with Crippen molar-refractivity contribution in [2.75, 3.05) is 19.0 Å². The zero-order valence-corrected chi connectivity index (χ0v) is 11.7. The van der Waals surface area contributed by atoms with E-state index in [4.69, 9.17) is 11.6 Å². The van der Waals surface area contributed by atoms with Crippen molar-refractivity contribution in [1.82, 2.24) is 4.90 Å². The van der Waals surface area contributed by atoms with Crippen LogP contribution in [0, 0.1) is 11.6 Å². The fourth-order valence-electron chi connectivity index (χ4n) is 1.77. The summed E-state index contributed by atoms with van der Waals surface area (Å²) < 4.78 is 26.6. The molecule has 0 saturated heterocycles. The standard InChI is InChI=1S/C14H18ClF2NO/c1-2-3-8-18(9-7-15)13(19)10-11-5-4-6-12(16)14(11)17/h4-6H,2-3,7-10H2,1H3. The van der Waals surface area contributed by atoms with Gasteiger partial charge in [0.1, 0.15) is 0 Å². The van der Waals surface area contributed by atoms with Crippen LogP contribution in [-0.4, -0.2) is 29.8 Å². The minimum Gasteiger partial charge on any atom is -0.341 e. The first kappa shape index (κ1) is 15.9. The monoisotopic (exact) mass is 289 g/mol. The molecule has 1 amide bonds. The van der Waals surface area contributed by atoms with E-state index in [0.717, 1.165) is 18.9 Å². The van der Waals surface area contributed by atoms with Crippen molar-refractivity contribution in [3.05, 3.63) is 35.4 Å². The van der Waals surface area contributed by atoms with E-state index in [1.807, 2.05) is 6.92 Å².